The first-order valence-electron chi connectivity index (χ1n) is 6.43. The summed E-state index contributed by atoms with van der Waals surface area (Å²) in [4.78, 5) is 3.22. The predicted octanol–water partition coefficient (Wildman–Crippen LogP) is 3.05. The van der Waals surface area contributed by atoms with E-state index in [-0.39, 0.29) is 12.6 Å². The Balaban J connectivity index is 2.08. The molecule has 0 aliphatic carbocycles. The normalized spacial score (nSPS) is 13.4. The Labute approximate surface area is 113 Å². The summed E-state index contributed by atoms with van der Waals surface area (Å²) in [6, 6.07) is 7.93. The van der Waals surface area contributed by atoms with Crippen molar-refractivity contribution < 1.29 is 4.39 Å². The average molecular weight is 258 g/mol. The molecular weight excluding hydrogens is 239 g/mol. The smallest absolute Gasteiger partial charge is 0.117 e. The molecule has 2 N–H and O–H groups in total. The molecule has 1 aromatic heterocycles. The van der Waals surface area contributed by atoms with Crippen LogP contribution in [-0.4, -0.2) is 23.2 Å². The number of halogens is 1. The van der Waals surface area contributed by atoms with Crippen molar-refractivity contribution in [2.75, 3.05) is 6.54 Å². The Kier molecular flexibility index (Phi) is 3.92. The zero-order valence-corrected chi connectivity index (χ0v) is 11.3. The molecular formula is C16H19FN2. The molecule has 100 valence electrons. The highest BCUT2D eigenvalue weighted by Gasteiger charge is 2.18. The average Bonchev–Trinajstić information content (AvgIpc) is 2.77. The summed E-state index contributed by atoms with van der Waals surface area (Å²) >= 11 is 0. The van der Waals surface area contributed by atoms with Crippen molar-refractivity contribution in [2.24, 2.45) is 0 Å². The van der Waals surface area contributed by atoms with E-state index >= 15 is 0 Å². The van der Waals surface area contributed by atoms with Gasteiger partial charge >= 0.3 is 0 Å². The number of H-pyrrole nitrogens is 1. The predicted molar refractivity (Wildman–Crippen MR) is 77.8 cm³/mol. The molecule has 2 aromatic rings. The molecule has 0 aliphatic heterocycles. The SMILES string of the molecule is C#C[C@H](Cc1c[nH]c2ccccc12)NCC(C)(C)F. The lowest BCUT2D eigenvalue weighted by Crippen LogP contribution is -2.38. The summed E-state index contributed by atoms with van der Waals surface area (Å²) in [5, 5.41) is 4.26. The number of fused-ring (bicyclic) bond motifs is 1. The van der Waals surface area contributed by atoms with Crippen LogP contribution >= 0.6 is 0 Å². The molecule has 0 spiro atoms. The highest BCUT2D eigenvalue weighted by Crippen LogP contribution is 2.19. The van der Waals surface area contributed by atoms with E-state index in [0.29, 0.717) is 6.42 Å². The van der Waals surface area contributed by atoms with Crippen LogP contribution in [0.4, 0.5) is 4.39 Å². The number of aromatic nitrogens is 1. The van der Waals surface area contributed by atoms with Crippen LogP contribution < -0.4 is 5.32 Å². The van der Waals surface area contributed by atoms with E-state index in [1.165, 1.54) is 5.39 Å². The molecule has 0 unspecified atom stereocenters. The van der Waals surface area contributed by atoms with Gasteiger partial charge in [-0.2, -0.15) is 0 Å². The molecule has 0 aliphatic rings. The molecule has 19 heavy (non-hydrogen) atoms. The zero-order chi connectivity index (χ0) is 13.9. The van der Waals surface area contributed by atoms with Crippen molar-refractivity contribution in [1.29, 1.82) is 0 Å². The molecule has 0 amide bonds. The van der Waals surface area contributed by atoms with Gasteiger partial charge in [0, 0.05) is 30.1 Å². The molecule has 1 heterocycles. The van der Waals surface area contributed by atoms with E-state index in [2.05, 4.69) is 22.3 Å². The minimum absolute atomic E-state index is 0.158. The van der Waals surface area contributed by atoms with E-state index in [1.807, 2.05) is 24.4 Å². The van der Waals surface area contributed by atoms with Gasteiger partial charge in [-0.25, -0.2) is 4.39 Å². The Bertz CT molecular complexity index is 587. The molecule has 3 heteroatoms. The Morgan fingerprint density at radius 1 is 1.42 bits per heavy atom. The summed E-state index contributed by atoms with van der Waals surface area (Å²) in [5.41, 5.74) is 0.997. The van der Waals surface area contributed by atoms with E-state index in [0.717, 1.165) is 11.1 Å². The summed E-state index contributed by atoms with van der Waals surface area (Å²) in [6.45, 7) is 3.34. The number of rotatable bonds is 5. The number of benzene rings is 1. The second-order valence-electron chi connectivity index (χ2n) is 5.38. The molecule has 1 aromatic carbocycles. The maximum absolute atomic E-state index is 13.5. The highest BCUT2D eigenvalue weighted by molar-refractivity contribution is 5.83. The third kappa shape index (κ3) is 3.59. The monoisotopic (exact) mass is 258 g/mol. The third-order valence-electron chi connectivity index (χ3n) is 3.07. The fourth-order valence-corrected chi connectivity index (χ4v) is 2.08. The topological polar surface area (TPSA) is 27.8 Å². The van der Waals surface area contributed by atoms with Gasteiger partial charge in [-0.15, -0.1) is 6.42 Å². The van der Waals surface area contributed by atoms with E-state index in [4.69, 9.17) is 6.42 Å². The summed E-state index contributed by atoms with van der Waals surface area (Å²) in [6.07, 6.45) is 8.18. The Morgan fingerprint density at radius 3 is 2.84 bits per heavy atom. The second kappa shape index (κ2) is 5.46. The highest BCUT2D eigenvalue weighted by atomic mass is 19.1. The van der Waals surface area contributed by atoms with Gasteiger partial charge in [0.15, 0.2) is 0 Å². The van der Waals surface area contributed by atoms with Crippen LogP contribution in [0, 0.1) is 12.3 Å². The van der Waals surface area contributed by atoms with E-state index in [1.54, 1.807) is 13.8 Å². The van der Waals surface area contributed by atoms with Crippen molar-refractivity contribution in [1.82, 2.24) is 10.3 Å². The minimum atomic E-state index is -1.25. The van der Waals surface area contributed by atoms with Crippen LogP contribution in [0.1, 0.15) is 19.4 Å². The van der Waals surface area contributed by atoms with Crippen molar-refractivity contribution in [3.63, 3.8) is 0 Å². The van der Waals surface area contributed by atoms with Crippen LogP contribution in [0.15, 0.2) is 30.5 Å². The fraction of sp³-hybridized carbons (Fsp3) is 0.375. The van der Waals surface area contributed by atoms with Gasteiger partial charge in [0.1, 0.15) is 5.67 Å². The number of hydrogen-bond donors (Lipinski definition) is 2. The van der Waals surface area contributed by atoms with Gasteiger partial charge in [-0.05, 0) is 25.5 Å². The van der Waals surface area contributed by atoms with Crippen molar-refractivity contribution in [3.8, 4) is 12.3 Å². The van der Waals surface area contributed by atoms with Crippen molar-refractivity contribution in [2.45, 2.75) is 32.0 Å². The van der Waals surface area contributed by atoms with Gasteiger partial charge in [0.25, 0.3) is 0 Å². The van der Waals surface area contributed by atoms with Gasteiger partial charge in [-0.3, -0.25) is 0 Å². The second-order valence-corrected chi connectivity index (χ2v) is 5.38. The van der Waals surface area contributed by atoms with E-state index in [9.17, 15) is 4.39 Å². The van der Waals surface area contributed by atoms with Gasteiger partial charge in [0.2, 0.25) is 0 Å². The Hall–Kier alpha value is -1.79. The number of aromatic amines is 1. The van der Waals surface area contributed by atoms with E-state index < -0.39 is 5.67 Å². The van der Waals surface area contributed by atoms with Crippen LogP contribution in [0.2, 0.25) is 0 Å². The van der Waals surface area contributed by atoms with Crippen LogP contribution in [0.5, 0.6) is 0 Å². The molecule has 2 nitrogen and oxygen atoms in total. The lowest BCUT2D eigenvalue weighted by atomic mass is 10.0. The van der Waals surface area contributed by atoms with Gasteiger partial charge in [0.05, 0.1) is 6.04 Å². The summed E-state index contributed by atoms with van der Waals surface area (Å²) in [5.74, 6) is 2.69. The molecule has 0 radical (unpaired) electrons. The zero-order valence-electron chi connectivity index (χ0n) is 11.3. The molecule has 0 bridgehead atoms. The quantitative estimate of drug-likeness (QED) is 0.793. The van der Waals surface area contributed by atoms with Crippen LogP contribution in [0.3, 0.4) is 0 Å². The summed E-state index contributed by atoms with van der Waals surface area (Å²) < 4.78 is 13.5. The number of para-hydroxylation sites is 1. The number of terminal acetylenes is 1. The van der Waals surface area contributed by atoms with Gasteiger partial charge < -0.3 is 10.3 Å². The van der Waals surface area contributed by atoms with Crippen molar-refractivity contribution in [3.05, 3.63) is 36.0 Å². The first-order valence-corrected chi connectivity index (χ1v) is 6.43. The number of alkyl halides is 1. The molecule has 0 fully saturated rings. The third-order valence-corrected chi connectivity index (χ3v) is 3.07. The number of hydrogen-bond acceptors (Lipinski definition) is 1. The molecule has 0 saturated heterocycles. The molecule has 2 rings (SSSR count). The molecule has 0 saturated carbocycles. The first-order chi connectivity index (χ1) is 8.99. The lowest BCUT2D eigenvalue weighted by Gasteiger charge is -2.19. The summed E-state index contributed by atoms with van der Waals surface area (Å²) in [7, 11) is 0. The van der Waals surface area contributed by atoms with Crippen molar-refractivity contribution >= 4 is 10.9 Å². The maximum Gasteiger partial charge on any atom is 0.117 e. The Morgan fingerprint density at radius 2 is 2.16 bits per heavy atom. The molecule has 1 atom stereocenters. The van der Waals surface area contributed by atoms with Crippen LogP contribution in [-0.2, 0) is 6.42 Å². The minimum Gasteiger partial charge on any atom is -0.361 e. The maximum atomic E-state index is 13.5. The number of nitrogens with one attached hydrogen (secondary N) is 2. The lowest BCUT2D eigenvalue weighted by molar-refractivity contribution is 0.207. The van der Waals surface area contributed by atoms with Gasteiger partial charge in [-0.1, -0.05) is 24.1 Å². The standard InChI is InChI=1S/C16H19FN2/c1-4-13(19-11-16(2,3)17)9-12-10-18-15-8-6-5-7-14(12)15/h1,5-8,10,13,18-19H,9,11H2,2-3H3/t13-/m1/s1. The fourth-order valence-electron chi connectivity index (χ4n) is 2.08. The largest absolute Gasteiger partial charge is 0.361 e. The van der Waals surface area contributed by atoms with Crippen LogP contribution in [0.25, 0.3) is 10.9 Å². The first kappa shape index (κ1) is 13.6.